The first-order chi connectivity index (χ1) is 4.26. The Morgan fingerprint density at radius 2 is 1.89 bits per heavy atom. The summed E-state index contributed by atoms with van der Waals surface area (Å²) in [5, 5.41) is 17.1. The van der Waals surface area contributed by atoms with Gasteiger partial charge in [0.15, 0.2) is 0 Å². The summed E-state index contributed by atoms with van der Waals surface area (Å²) in [7, 11) is 0. The van der Waals surface area contributed by atoms with Crippen molar-refractivity contribution in [2.45, 2.75) is 6.92 Å². The van der Waals surface area contributed by atoms with Crippen molar-refractivity contribution < 1.29 is 10.2 Å². The molecule has 2 heteroatoms. The maximum absolute atomic E-state index is 8.57. The summed E-state index contributed by atoms with van der Waals surface area (Å²) >= 11 is 0. The van der Waals surface area contributed by atoms with Gasteiger partial charge in [0.1, 0.15) is 0 Å². The van der Waals surface area contributed by atoms with Gasteiger partial charge >= 0.3 is 0 Å². The van der Waals surface area contributed by atoms with Crippen LogP contribution in [0.2, 0.25) is 0 Å². The Labute approximate surface area is 55.5 Å². The SMILES string of the molecule is C#CC(C)C(CO)CO. The number of rotatable bonds is 3. The Hall–Kier alpha value is -0.520. The molecule has 0 amide bonds. The van der Waals surface area contributed by atoms with Gasteiger partial charge in [-0.25, -0.2) is 0 Å². The first-order valence-electron chi connectivity index (χ1n) is 2.94. The molecule has 0 saturated carbocycles. The molecule has 0 bridgehead atoms. The molecule has 9 heavy (non-hydrogen) atoms. The maximum Gasteiger partial charge on any atom is 0.0492 e. The van der Waals surface area contributed by atoms with E-state index >= 15 is 0 Å². The second kappa shape index (κ2) is 4.37. The summed E-state index contributed by atoms with van der Waals surface area (Å²) in [6, 6.07) is 0. The monoisotopic (exact) mass is 128 g/mol. The molecule has 0 saturated heterocycles. The molecule has 0 rings (SSSR count). The quantitative estimate of drug-likeness (QED) is 0.519. The Morgan fingerprint density at radius 3 is 2.00 bits per heavy atom. The fourth-order valence-corrected chi connectivity index (χ4v) is 0.510. The van der Waals surface area contributed by atoms with E-state index in [4.69, 9.17) is 16.6 Å². The van der Waals surface area contributed by atoms with Gasteiger partial charge in [0, 0.05) is 25.0 Å². The van der Waals surface area contributed by atoms with Crippen molar-refractivity contribution in [3.05, 3.63) is 0 Å². The van der Waals surface area contributed by atoms with E-state index in [0.717, 1.165) is 0 Å². The van der Waals surface area contributed by atoms with Crippen LogP contribution in [0.3, 0.4) is 0 Å². The Balaban J connectivity index is 3.67. The third kappa shape index (κ3) is 2.50. The first-order valence-corrected chi connectivity index (χ1v) is 2.94. The second-order valence-electron chi connectivity index (χ2n) is 2.08. The van der Waals surface area contributed by atoms with Crippen molar-refractivity contribution in [1.82, 2.24) is 0 Å². The van der Waals surface area contributed by atoms with E-state index in [0.29, 0.717) is 0 Å². The van der Waals surface area contributed by atoms with Crippen LogP contribution in [0.1, 0.15) is 6.92 Å². The second-order valence-corrected chi connectivity index (χ2v) is 2.08. The maximum atomic E-state index is 8.57. The van der Waals surface area contributed by atoms with Gasteiger partial charge in [-0.1, -0.05) is 6.92 Å². The molecule has 0 fully saturated rings. The van der Waals surface area contributed by atoms with Gasteiger partial charge < -0.3 is 10.2 Å². The number of terminal acetylenes is 1. The van der Waals surface area contributed by atoms with E-state index in [-0.39, 0.29) is 25.0 Å². The van der Waals surface area contributed by atoms with Crippen molar-refractivity contribution in [1.29, 1.82) is 0 Å². The van der Waals surface area contributed by atoms with E-state index in [2.05, 4.69) is 5.92 Å². The smallest absolute Gasteiger partial charge is 0.0492 e. The summed E-state index contributed by atoms with van der Waals surface area (Å²) in [5.41, 5.74) is 0. The molecule has 1 atom stereocenters. The number of hydrogen-bond acceptors (Lipinski definition) is 2. The van der Waals surface area contributed by atoms with Crippen molar-refractivity contribution in [2.75, 3.05) is 13.2 Å². The van der Waals surface area contributed by atoms with Crippen molar-refractivity contribution in [3.8, 4) is 12.3 Å². The predicted molar refractivity (Wildman–Crippen MR) is 35.7 cm³/mol. The van der Waals surface area contributed by atoms with E-state index < -0.39 is 0 Å². The Bertz CT molecular complexity index is 100.0. The molecule has 0 aromatic heterocycles. The topological polar surface area (TPSA) is 40.5 Å². The standard InChI is InChI=1S/C7H12O2/c1-3-6(2)7(4-8)5-9/h1,6-9H,4-5H2,2H3. The van der Waals surface area contributed by atoms with Crippen molar-refractivity contribution >= 4 is 0 Å². The van der Waals surface area contributed by atoms with Crippen LogP contribution in [-0.4, -0.2) is 23.4 Å². The summed E-state index contributed by atoms with van der Waals surface area (Å²) in [6.07, 6.45) is 5.05. The molecule has 2 nitrogen and oxygen atoms in total. The van der Waals surface area contributed by atoms with Crippen LogP contribution < -0.4 is 0 Å². The van der Waals surface area contributed by atoms with Gasteiger partial charge in [-0.3, -0.25) is 0 Å². The van der Waals surface area contributed by atoms with Crippen molar-refractivity contribution in [3.63, 3.8) is 0 Å². The lowest BCUT2D eigenvalue weighted by atomic mass is 9.97. The zero-order chi connectivity index (χ0) is 7.28. The lowest BCUT2D eigenvalue weighted by molar-refractivity contribution is 0.129. The highest BCUT2D eigenvalue weighted by Crippen LogP contribution is 2.07. The molecule has 1 unspecified atom stereocenters. The molecule has 0 aliphatic heterocycles. The van der Waals surface area contributed by atoms with E-state index in [1.54, 1.807) is 6.92 Å². The van der Waals surface area contributed by atoms with Gasteiger partial charge in [0.2, 0.25) is 0 Å². The number of aliphatic hydroxyl groups excluding tert-OH is 2. The molecule has 52 valence electrons. The lowest BCUT2D eigenvalue weighted by Crippen LogP contribution is -2.18. The largest absolute Gasteiger partial charge is 0.396 e. The average molecular weight is 128 g/mol. The molecular formula is C7H12O2. The highest BCUT2D eigenvalue weighted by Gasteiger charge is 2.11. The number of hydrogen-bond donors (Lipinski definition) is 2. The minimum atomic E-state index is -0.157. The molecule has 0 aromatic rings. The molecule has 0 aliphatic rings. The fraction of sp³-hybridized carbons (Fsp3) is 0.714. The lowest BCUT2D eigenvalue weighted by Gasteiger charge is -2.12. The van der Waals surface area contributed by atoms with Crippen LogP contribution in [0.15, 0.2) is 0 Å². The van der Waals surface area contributed by atoms with Crippen LogP contribution in [0.5, 0.6) is 0 Å². The van der Waals surface area contributed by atoms with Gasteiger partial charge in [0.05, 0.1) is 0 Å². The first kappa shape index (κ1) is 8.48. The minimum Gasteiger partial charge on any atom is -0.396 e. The molecule has 0 radical (unpaired) electrons. The van der Waals surface area contributed by atoms with Gasteiger partial charge in [-0.15, -0.1) is 12.3 Å². The predicted octanol–water partition coefficient (Wildman–Crippen LogP) is -0.143. The average Bonchev–Trinajstić information content (AvgIpc) is 1.90. The minimum absolute atomic E-state index is 0.0398. The molecule has 0 aromatic carbocycles. The molecule has 2 N–H and O–H groups in total. The molecular weight excluding hydrogens is 116 g/mol. The van der Waals surface area contributed by atoms with Gasteiger partial charge in [0.25, 0.3) is 0 Å². The molecule has 0 spiro atoms. The van der Waals surface area contributed by atoms with E-state index in [1.807, 2.05) is 0 Å². The van der Waals surface area contributed by atoms with Crippen LogP contribution in [0, 0.1) is 24.2 Å². The van der Waals surface area contributed by atoms with E-state index in [1.165, 1.54) is 0 Å². The zero-order valence-electron chi connectivity index (χ0n) is 5.54. The van der Waals surface area contributed by atoms with Crippen molar-refractivity contribution in [2.24, 2.45) is 11.8 Å². The van der Waals surface area contributed by atoms with Gasteiger partial charge in [-0.2, -0.15) is 0 Å². The highest BCUT2D eigenvalue weighted by atomic mass is 16.3. The van der Waals surface area contributed by atoms with Gasteiger partial charge in [-0.05, 0) is 0 Å². The summed E-state index contributed by atoms with van der Waals surface area (Å²) < 4.78 is 0. The van der Waals surface area contributed by atoms with Crippen LogP contribution in [0.4, 0.5) is 0 Å². The zero-order valence-corrected chi connectivity index (χ0v) is 5.54. The summed E-state index contributed by atoms with van der Waals surface area (Å²) in [6.45, 7) is 1.72. The normalized spacial score (nSPS) is 13.2. The summed E-state index contributed by atoms with van der Waals surface area (Å²) in [5.74, 6) is 2.25. The van der Waals surface area contributed by atoms with Crippen LogP contribution >= 0.6 is 0 Å². The van der Waals surface area contributed by atoms with Crippen LogP contribution in [-0.2, 0) is 0 Å². The Kier molecular flexibility index (Phi) is 4.12. The molecule has 0 aliphatic carbocycles. The Morgan fingerprint density at radius 1 is 1.44 bits per heavy atom. The fourth-order valence-electron chi connectivity index (χ4n) is 0.510. The summed E-state index contributed by atoms with van der Waals surface area (Å²) in [4.78, 5) is 0. The third-order valence-corrected chi connectivity index (χ3v) is 1.44. The highest BCUT2D eigenvalue weighted by molar-refractivity contribution is 4.93. The van der Waals surface area contributed by atoms with E-state index in [9.17, 15) is 0 Å². The van der Waals surface area contributed by atoms with Crippen LogP contribution in [0.25, 0.3) is 0 Å². The number of aliphatic hydroxyl groups is 2. The third-order valence-electron chi connectivity index (χ3n) is 1.44. The molecule has 0 heterocycles.